The van der Waals surface area contributed by atoms with Crippen LogP contribution in [-0.2, 0) is 0 Å². The van der Waals surface area contributed by atoms with E-state index in [0.29, 0.717) is 0 Å². The number of hydrogen-bond acceptors (Lipinski definition) is 3. The maximum atomic E-state index is 11.9. The highest BCUT2D eigenvalue weighted by Crippen LogP contribution is 2.32. The van der Waals surface area contributed by atoms with Gasteiger partial charge in [0.1, 0.15) is 0 Å². The molecule has 0 atom stereocenters. The van der Waals surface area contributed by atoms with E-state index in [0.717, 1.165) is 33.4 Å². The van der Waals surface area contributed by atoms with Crippen molar-refractivity contribution in [3.05, 3.63) is 71.3 Å². The van der Waals surface area contributed by atoms with Gasteiger partial charge in [0.25, 0.3) is 0 Å². The number of rotatable bonds is 2. The van der Waals surface area contributed by atoms with Crippen molar-refractivity contribution < 1.29 is 0 Å². The number of nitrogens with zero attached hydrogens (tertiary/aromatic N) is 2. The summed E-state index contributed by atoms with van der Waals surface area (Å²) in [4.78, 5) is 19.1. The molecule has 0 spiro atoms. The zero-order valence-corrected chi connectivity index (χ0v) is 11.6. The summed E-state index contributed by atoms with van der Waals surface area (Å²) in [6.45, 7) is 0. The zero-order valence-electron chi connectivity index (χ0n) is 11.6. The molecule has 22 heavy (non-hydrogen) atoms. The van der Waals surface area contributed by atoms with E-state index < -0.39 is 0 Å². The van der Waals surface area contributed by atoms with Gasteiger partial charge in [0.05, 0.1) is 17.6 Å². The number of hydrogen-bond donors (Lipinski definition) is 2. The molecule has 0 radical (unpaired) electrons. The Balaban J connectivity index is 2.02. The molecule has 4 rings (SSSR count). The first-order valence-electron chi connectivity index (χ1n) is 6.90. The fourth-order valence-electron chi connectivity index (χ4n) is 2.62. The van der Waals surface area contributed by atoms with Crippen LogP contribution >= 0.6 is 0 Å². The second-order valence-corrected chi connectivity index (χ2v) is 4.97. The first-order valence-corrected chi connectivity index (χ1v) is 6.90. The van der Waals surface area contributed by atoms with Crippen LogP contribution in [0.5, 0.6) is 0 Å². The largest absolute Gasteiger partial charge is 0.322 e. The summed E-state index contributed by atoms with van der Waals surface area (Å²) in [5, 5.41) is 8.09. The molecule has 3 aromatic heterocycles. The number of para-hydroxylation sites is 1. The summed E-state index contributed by atoms with van der Waals surface area (Å²) in [5.41, 5.74) is 3.96. The van der Waals surface area contributed by atoms with Crippen LogP contribution in [0, 0.1) is 0 Å². The average molecular weight is 288 g/mol. The quantitative estimate of drug-likeness (QED) is 0.595. The van der Waals surface area contributed by atoms with Gasteiger partial charge >= 0.3 is 0 Å². The van der Waals surface area contributed by atoms with Gasteiger partial charge in [0, 0.05) is 34.3 Å². The van der Waals surface area contributed by atoms with Crippen LogP contribution in [0.25, 0.3) is 33.4 Å². The number of benzene rings is 1. The molecule has 0 bridgehead atoms. The van der Waals surface area contributed by atoms with Crippen molar-refractivity contribution >= 4 is 10.9 Å². The minimum Gasteiger partial charge on any atom is -0.322 e. The van der Waals surface area contributed by atoms with Crippen LogP contribution < -0.4 is 5.56 Å². The first kappa shape index (κ1) is 12.5. The molecule has 2 N–H and O–H groups in total. The van der Waals surface area contributed by atoms with Crippen molar-refractivity contribution in [1.29, 1.82) is 0 Å². The molecular formula is C17H12N4O. The average Bonchev–Trinajstić information content (AvgIpc) is 3.04. The van der Waals surface area contributed by atoms with Crippen molar-refractivity contribution in [2.24, 2.45) is 0 Å². The van der Waals surface area contributed by atoms with Crippen molar-refractivity contribution in [2.75, 3.05) is 0 Å². The van der Waals surface area contributed by atoms with Crippen molar-refractivity contribution in [3.63, 3.8) is 0 Å². The Morgan fingerprint density at radius 2 is 1.82 bits per heavy atom. The van der Waals surface area contributed by atoms with Crippen molar-refractivity contribution in [3.8, 4) is 22.5 Å². The number of fused-ring (bicyclic) bond motifs is 1. The van der Waals surface area contributed by atoms with Crippen LogP contribution in [0.3, 0.4) is 0 Å². The van der Waals surface area contributed by atoms with Gasteiger partial charge in [-0.1, -0.05) is 24.3 Å². The maximum Gasteiger partial charge on any atom is 0.249 e. The molecule has 0 aliphatic carbocycles. The predicted molar refractivity (Wildman–Crippen MR) is 85.4 cm³/mol. The van der Waals surface area contributed by atoms with Gasteiger partial charge in [-0.05, 0) is 18.2 Å². The van der Waals surface area contributed by atoms with E-state index in [1.54, 1.807) is 18.5 Å². The monoisotopic (exact) mass is 288 g/mol. The van der Waals surface area contributed by atoms with Crippen LogP contribution in [-0.4, -0.2) is 20.2 Å². The second-order valence-electron chi connectivity index (χ2n) is 4.97. The summed E-state index contributed by atoms with van der Waals surface area (Å²) in [6, 6.07) is 15.0. The molecular weight excluding hydrogens is 276 g/mol. The van der Waals surface area contributed by atoms with Gasteiger partial charge < -0.3 is 4.98 Å². The molecule has 1 aromatic carbocycles. The van der Waals surface area contributed by atoms with Gasteiger partial charge in [-0.3, -0.25) is 14.9 Å². The topological polar surface area (TPSA) is 74.4 Å². The van der Waals surface area contributed by atoms with Crippen molar-refractivity contribution in [1.82, 2.24) is 20.2 Å². The molecule has 3 heterocycles. The van der Waals surface area contributed by atoms with E-state index in [-0.39, 0.29) is 5.56 Å². The lowest BCUT2D eigenvalue weighted by atomic mass is 10.0. The predicted octanol–water partition coefficient (Wildman–Crippen LogP) is 2.98. The van der Waals surface area contributed by atoms with Crippen LogP contribution in [0.2, 0.25) is 0 Å². The molecule has 0 unspecified atom stereocenters. The molecule has 0 fully saturated rings. The Kier molecular flexibility index (Phi) is 2.83. The summed E-state index contributed by atoms with van der Waals surface area (Å²) in [6.07, 6.45) is 3.46. The third-order valence-corrected chi connectivity index (χ3v) is 3.60. The Morgan fingerprint density at radius 1 is 0.955 bits per heavy atom. The standard InChI is InChI=1S/C17H12N4O/c22-16-9-12(11-5-1-2-6-14(11)20-16)13-10-19-21-17(13)15-7-3-4-8-18-15/h1-10H,(H,19,21)(H,20,22). The molecule has 0 aliphatic rings. The zero-order chi connectivity index (χ0) is 14.9. The second kappa shape index (κ2) is 4.96. The van der Waals surface area contributed by atoms with E-state index >= 15 is 0 Å². The fourth-order valence-corrected chi connectivity index (χ4v) is 2.62. The highest BCUT2D eigenvalue weighted by molar-refractivity contribution is 5.97. The lowest BCUT2D eigenvalue weighted by molar-refractivity contribution is 1.09. The van der Waals surface area contributed by atoms with Gasteiger partial charge in [0.15, 0.2) is 0 Å². The molecule has 0 amide bonds. The Bertz CT molecular complexity index is 1000. The van der Waals surface area contributed by atoms with Crippen LogP contribution in [0.15, 0.2) is 65.7 Å². The molecule has 5 heteroatoms. The van der Waals surface area contributed by atoms with E-state index in [9.17, 15) is 4.79 Å². The Morgan fingerprint density at radius 3 is 2.68 bits per heavy atom. The van der Waals surface area contributed by atoms with Crippen LogP contribution in [0.4, 0.5) is 0 Å². The smallest absolute Gasteiger partial charge is 0.249 e. The minimum atomic E-state index is -0.137. The molecule has 106 valence electrons. The van der Waals surface area contributed by atoms with Gasteiger partial charge in [-0.15, -0.1) is 0 Å². The van der Waals surface area contributed by atoms with Gasteiger partial charge in [-0.25, -0.2) is 0 Å². The highest BCUT2D eigenvalue weighted by Gasteiger charge is 2.14. The lowest BCUT2D eigenvalue weighted by Gasteiger charge is -2.06. The SMILES string of the molecule is O=c1cc(-c2cn[nH]c2-c2ccccn2)c2ccccc2[nH]1. The number of nitrogens with one attached hydrogen (secondary N) is 2. The first-order chi connectivity index (χ1) is 10.8. The molecule has 4 aromatic rings. The summed E-state index contributed by atoms with van der Waals surface area (Å²) in [7, 11) is 0. The molecule has 5 nitrogen and oxygen atoms in total. The minimum absolute atomic E-state index is 0.137. The lowest BCUT2D eigenvalue weighted by Crippen LogP contribution is -2.04. The summed E-state index contributed by atoms with van der Waals surface area (Å²) in [5.74, 6) is 0. The molecule has 0 aliphatic heterocycles. The van der Waals surface area contributed by atoms with E-state index in [4.69, 9.17) is 0 Å². The highest BCUT2D eigenvalue weighted by atomic mass is 16.1. The Labute approximate surface area is 125 Å². The number of pyridine rings is 2. The molecule has 0 saturated heterocycles. The van der Waals surface area contributed by atoms with E-state index in [1.807, 2.05) is 42.5 Å². The summed E-state index contributed by atoms with van der Waals surface area (Å²) >= 11 is 0. The third kappa shape index (κ3) is 2.00. The van der Waals surface area contributed by atoms with Crippen molar-refractivity contribution in [2.45, 2.75) is 0 Å². The Hall–Kier alpha value is -3.21. The number of H-pyrrole nitrogens is 2. The van der Waals surface area contributed by atoms with Crippen LogP contribution in [0.1, 0.15) is 0 Å². The third-order valence-electron chi connectivity index (χ3n) is 3.60. The maximum absolute atomic E-state index is 11.9. The number of aromatic nitrogens is 4. The van der Waals surface area contributed by atoms with E-state index in [2.05, 4.69) is 20.2 Å². The number of aromatic amines is 2. The summed E-state index contributed by atoms with van der Waals surface area (Å²) < 4.78 is 0. The van der Waals surface area contributed by atoms with E-state index in [1.165, 1.54) is 0 Å². The van der Waals surface area contributed by atoms with Gasteiger partial charge in [0.2, 0.25) is 5.56 Å². The normalized spacial score (nSPS) is 10.9. The molecule has 0 saturated carbocycles. The van der Waals surface area contributed by atoms with Gasteiger partial charge in [-0.2, -0.15) is 5.10 Å². The fraction of sp³-hybridized carbons (Fsp3) is 0.